The first-order valence-corrected chi connectivity index (χ1v) is 8.73. The zero-order valence-corrected chi connectivity index (χ0v) is 13.4. The Balaban J connectivity index is 1.56. The third-order valence-corrected chi connectivity index (χ3v) is 5.27. The van der Waals surface area contributed by atoms with E-state index in [0.717, 1.165) is 30.1 Å². The molecule has 0 unspecified atom stereocenters. The maximum Gasteiger partial charge on any atom is 0.282 e. The van der Waals surface area contributed by atoms with E-state index >= 15 is 0 Å². The van der Waals surface area contributed by atoms with Gasteiger partial charge in [0.1, 0.15) is 6.54 Å². The molecule has 4 heterocycles. The summed E-state index contributed by atoms with van der Waals surface area (Å²) in [6, 6.07) is 5.69. The number of likely N-dealkylation sites (tertiary alicyclic amines) is 1. The molecule has 2 aromatic heterocycles. The van der Waals surface area contributed by atoms with Gasteiger partial charge in [0.25, 0.3) is 5.24 Å². The Bertz CT molecular complexity index is 761. The number of amides is 2. The standard InChI is InChI=1S/C15H17N5O2S/c21-13(10-18-8-9-23-15(18)22)19-7-3-4-11(19)14-17-16-12-5-1-2-6-20(12)14/h1-2,5-6,11H,3-4,7-10H2/t11-/m1/s1. The molecular weight excluding hydrogens is 314 g/mol. The van der Waals surface area contributed by atoms with Crippen LogP contribution in [-0.2, 0) is 4.79 Å². The molecule has 2 saturated heterocycles. The first kappa shape index (κ1) is 14.5. The molecule has 120 valence electrons. The summed E-state index contributed by atoms with van der Waals surface area (Å²) in [5.41, 5.74) is 0.785. The molecule has 0 aromatic carbocycles. The second kappa shape index (κ2) is 5.84. The van der Waals surface area contributed by atoms with E-state index in [2.05, 4.69) is 10.2 Å². The van der Waals surface area contributed by atoms with Crippen molar-refractivity contribution in [1.82, 2.24) is 24.4 Å². The fraction of sp³-hybridized carbons (Fsp3) is 0.467. The first-order chi connectivity index (χ1) is 11.2. The number of nitrogens with zero attached hydrogens (tertiary/aromatic N) is 5. The lowest BCUT2D eigenvalue weighted by Gasteiger charge is -2.25. The summed E-state index contributed by atoms with van der Waals surface area (Å²) in [6.07, 6.45) is 3.75. The SMILES string of the molecule is O=C1SCCN1CC(=O)N1CCC[C@@H]1c1nnc2ccccn12. The third kappa shape index (κ3) is 2.56. The molecule has 8 heteroatoms. The molecule has 4 rings (SSSR count). The van der Waals surface area contributed by atoms with Crippen molar-refractivity contribution in [2.75, 3.05) is 25.4 Å². The molecule has 1 atom stereocenters. The van der Waals surface area contributed by atoms with Crippen LogP contribution in [0.4, 0.5) is 4.79 Å². The largest absolute Gasteiger partial charge is 0.331 e. The second-order valence-corrected chi connectivity index (χ2v) is 6.81. The minimum atomic E-state index is -0.0646. The highest BCUT2D eigenvalue weighted by atomic mass is 32.2. The van der Waals surface area contributed by atoms with Gasteiger partial charge in [-0.2, -0.15) is 0 Å². The zero-order valence-electron chi connectivity index (χ0n) is 12.6. The number of carbonyl (C=O) groups excluding carboxylic acids is 2. The molecule has 2 aliphatic heterocycles. The summed E-state index contributed by atoms with van der Waals surface area (Å²) in [6.45, 7) is 1.53. The number of thioether (sulfide) groups is 1. The molecule has 2 aromatic rings. The van der Waals surface area contributed by atoms with Crippen molar-refractivity contribution in [3.8, 4) is 0 Å². The fourth-order valence-corrected chi connectivity index (χ4v) is 4.07. The topological polar surface area (TPSA) is 70.8 Å². The number of aromatic nitrogens is 3. The molecule has 23 heavy (non-hydrogen) atoms. The Hall–Kier alpha value is -2.09. The molecule has 0 aliphatic carbocycles. The minimum Gasteiger partial charge on any atom is -0.331 e. The van der Waals surface area contributed by atoms with Gasteiger partial charge in [0.05, 0.1) is 6.04 Å². The van der Waals surface area contributed by atoms with Gasteiger partial charge in [-0.25, -0.2) is 0 Å². The van der Waals surface area contributed by atoms with Crippen LogP contribution in [0.25, 0.3) is 5.65 Å². The van der Waals surface area contributed by atoms with E-state index in [1.54, 1.807) is 4.90 Å². The number of rotatable bonds is 3. The summed E-state index contributed by atoms with van der Waals surface area (Å²) < 4.78 is 1.94. The highest BCUT2D eigenvalue weighted by Crippen LogP contribution is 2.31. The zero-order chi connectivity index (χ0) is 15.8. The van der Waals surface area contributed by atoms with Gasteiger partial charge in [-0.1, -0.05) is 17.8 Å². The number of carbonyl (C=O) groups is 2. The van der Waals surface area contributed by atoms with E-state index in [1.807, 2.05) is 33.7 Å². The second-order valence-electron chi connectivity index (χ2n) is 5.77. The van der Waals surface area contributed by atoms with Crippen LogP contribution in [0, 0.1) is 0 Å². The van der Waals surface area contributed by atoms with Crippen molar-refractivity contribution in [2.24, 2.45) is 0 Å². The predicted octanol–water partition coefficient (Wildman–Crippen LogP) is 1.56. The number of pyridine rings is 1. The van der Waals surface area contributed by atoms with Gasteiger partial charge in [0.2, 0.25) is 5.91 Å². The molecule has 2 amide bonds. The summed E-state index contributed by atoms with van der Waals surface area (Å²) in [7, 11) is 0. The number of fused-ring (bicyclic) bond motifs is 1. The van der Waals surface area contributed by atoms with Gasteiger partial charge in [-0.15, -0.1) is 10.2 Å². The van der Waals surface area contributed by atoms with Gasteiger partial charge in [0.15, 0.2) is 11.5 Å². The summed E-state index contributed by atoms with van der Waals surface area (Å²) in [4.78, 5) is 27.8. The summed E-state index contributed by atoms with van der Waals surface area (Å²) in [5, 5.41) is 8.47. The quantitative estimate of drug-likeness (QED) is 0.853. The minimum absolute atomic E-state index is 0.00187. The highest BCUT2D eigenvalue weighted by Gasteiger charge is 2.35. The molecule has 0 saturated carbocycles. The summed E-state index contributed by atoms with van der Waals surface area (Å²) >= 11 is 1.28. The van der Waals surface area contributed by atoms with Gasteiger partial charge in [-0.3, -0.25) is 14.0 Å². The van der Waals surface area contributed by atoms with E-state index < -0.39 is 0 Å². The number of hydrogen-bond acceptors (Lipinski definition) is 5. The fourth-order valence-electron chi connectivity index (χ4n) is 3.24. The maximum atomic E-state index is 12.7. The predicted molar refractivity (Wildman–Crippen MR) is 86.1 cm³/mol. The van der Waals surface area contributed by atoms with Gasteiger partial charge >= 0.3 is 0 Å². The Morgan fingerprint density at radius 1 is 1.30 bits per heavy atom. The van der Waals surface area contributed by atoms with Crippen LogP contribution in [0.3, 0.4) is 0 Å². The molecule has 2 fully saturated rings. The van der Waals surface area contributed by atoms with Crippen LogP contribution in [-0.4, -0.2) is 60.9 Å². The van der Waals surface area contributed by atoms with Crippen molar-refractivity contribution in [3.63, 3.8) is 0 Å². The number of hydrogen-bond donors (Lipinski definition) is 0. The van der Waals surface area contributed by atoms with Crippen LogP contribution in [0.15, 0.2) is 24.4 Å². The van der Waals surface area contributed by atoms with Crippen molar-refractivity contribution in [2.45, 2.75) is 18.9 Å². The van der Waals surface area contributed by atoms with Crippen LogP contribution in [0.1, 0.15) is 24.7 Å². The molecule has 0 spiro atoms. The lowest BCUT2D eigenvalue weighted by Crippen LogP contribution is -2.40. The van der Waals surface area contributed by atoms with Gasteiger partial charge in [0, 0.05) is 25.0 Å². The lowest BCUT2D eigenvalue weighted by atomic mass is 10.2. The monoisotopic (exact) mass is 331 g/mol. The average molecular weight is 331 g/mol. The molecule has 0 N–H and O–H groups in total. The van der Waals surface area contributed by atoms with Crippen LogP contribution >= 0.6 is 11.8 Å². The smallest absolute Gasteiger partial charge is 0.282 e. The van der Waals surface area contributed by atoms with E-state index in [9.17, 15) is 9.59 Å². The third-order valence-electron chi connectivity index (χ3n) is 4.38. The molecule has 2 aliphatic rings. The van der Waals surface area contributed by atoms with Crippen LogP contribution in [0.5, 0.6) is 0 Å². The normalized spacial score (nSPS) is 21.6. The molecular formula is C15H17N5O2S. The molecule has 7 nitrogen and oxygen atoms in total. The molecule has 0 bridgehead atoms. The first-order valence-electron chi connectivity index (χ1n) is 7.75. The van der Waals surface area contributed by atoms with E-state index in [4.69, 9.17) is 0 Å². The van der Waals surface area contributed by atoms with Crippen molar-refractivity contribution in [1.29, 1.82) is 0 Å². The summed E-state index contributed by atoms with van der Waals surface area (Å²) in [5.74, 6) is 1.56. The molecule has 0 radical (unpaired) electrons. The maximum absolute atomic E-state index is 12.7. The van der Waals surface area contributed by atoms with E-state index in [1.165, 1.54) is 11.8 Å². The highest BCUT2D eigenvalue weighted by molar-refractivity contribution is 8.13. The van der Waals surface area contributed by atoms with Gasteiger partial charge in [-0.05, 0) is 25.0 Å². The lowest BCUT2D eigenvalue weighted by molar-refractivity contribution is -0.132. The van der Waals surface area contributed by atoms with Crippen LogP contribution < -0.4 is 0 Å². The van der Waals surface area contributed by atoms with E-state index in [-0.39, 0.29) is 23.7 Å². The Labute approximate surface area is 137 Å². The average Bonchev–Trinajstić information content (AvgIpc) is 3.26. The van der Waals surface area contributed by atoms with Crippen molar-refractivity contribution in [3.05, 3.63) is 30.2 Å². The van der Waals surface area contributed by atoms with Crippen molar-refractivity contribution >= 4 is 28.6 Å². The Kier molecular flexibility index (Phi) is 3.68. The Morgan fingerprint density at radius 2 is 2.22 bits per heavy atom. The Morgan fingerprint density at radius 3 is 3.04 bits per heavy atom. The van der Waals surface area contributed by atoms with Gasteiger partial charge < -0.3 is 9.80 Å². The van der Waals surface area contributed by atoms with E-state index in [0.29, 0.717) is 13.1 Å². The van der Waals surface area contributed by atoms with Crippen LogP contribution in [0.2, 0.25) is 0 Å². The van der Waals surface area contributed by atoms with Crippen molar-refractivity contribution < 1.29 is 9.59 Å².